The molecule has 1 saturated heterocycles. The van der Waals surface area contributed by atoms with E-state index in [-0.39, 0.29) is 12.6 Å². The smallest absolute Gasteiger partial charge is 0.408 e. The van der Waals surface area contributed by atoms with Gasteiger partial charge in [-0.25, -0.2) is 9.59 Å². The highest BCUT2D eigenvalue weighted by molar-refractivity contribution is 6.35. The Labute approximate surface area is 203 Å². The number of alkyl carbamates (subject to hydrolysis) is 1. The highest BCUT2D eigenvalue weighted by Gasteiger charge is 2.18. The van der Waals surface area contributed by atoms with E-state index in [1.54, 1.807) is 25.7 Å². The number of amides is 3. The van der Waals surface area contributed by atoms with Crippen molar-refractivity contribution in [2.45, 2.75) is 32.9 Å². The fraction of sp³-hybridized carbons (Fsp3) is 0.360. The van der Waals surface area contributed by atoms with E-state index in [0.29, 0.717) is 48.4 Å². The maximum absolute atomic E-state index is 12.4. The second kappa shape index (κ2) is 9.95. The summed E-state index contributed by atoms with van der Waals surface area (Å²) in [5.41, 5.74) is 2.56. The summed E-state index contributed by atoms with van der Waals surface area (Å²) in [7, 11) is 0. The molecule has 3 amide bonds. The van der Waals surface area contributed by atoms with E-state index >= 15 is 0 Å². The summed E-state index contributed by atoms with van der Waals surface area (Å²) in [4.78, 5) is 26.0. The van der Waals surface area contributed by atoms with E-state index in [1.807, 2.05) is 42.5 Å². The SMILES string of the molecule is CC(C)(C)OC(=O)NCc1cc2cc(-c3ccc(NC(=O)N4CCOCC4)cc3)cc(Cl)c2o1. The molecule has 180 valence electrons. The molecule has 2 heterocycles. The molecule has 0 bridgehead atoms. The van der Waals surface area contributed by atoms with Gasteiger partial charge in [0.25, 0.3) is 0 Å². The summed E-state index contributed by atoms with van der Waals surface area (Å²) >= 11 is 6.48. The largest absolute Gasteiger partial charge is 0.458 e. The van der Waals surface area contributed by atoms with Crippen LogP contribution in [0.2, 0.25) is 5.02 Å². The van der Waals surface area contributed by atoms with Crippen molar-refractivity contribution in [3.63, 3.8) is 0 Å². The lowest BCUT2D eigenvalue weighted by Crippen LogP contribution is -2.43. The Morgan fingerprint density at radius 1 is 1.06 bits per heavy atom. The topological polar surface area (TPSA) is 93.0 Å². The van der Waals surface area contributed by atoms with Gasteiger partial charge in [0.2, 0.25) is 0 Å². The van der Waals surface area contributed by atoms with Gasteiger partial charge in [-0.3, -0.25) is 0 Å². The molecule has 2 aromatic carbocycles. The number of fused-ring (bicyclic) bond motifs is 1. The Morgan fingerprint density at radius 2 is 1.76 bits per heavy atom. The van der Waals surface area contributed by atoms with Gasteiger partial charge in [0.05, 0.1) is 24.8 Å². The van der Waals surface area contributed by atoms with Gasteiger partial charge in [0.15, 0.2) is 5.58 Å². The van der Waals surface area contributed by atoms with Crippen LogP contribution in [-0.4, -0.2) is 48.9 Å². The number of morpholine rings is 1. The lowest BCUT2D eigenvalue weighted by molar-refractivity contribution is 0.0520. The number of anilines is 1. The molecular weight excluding hydrogens is 458 g/mol. The number of carbonyl (C=O) groups is 2. The summed E-state index contributed by atoms with van der Waals surface area (Å²) in [5.74, 6) is 0.570. The van der Waals surface area contributed by atoms with Crippen LogP contribution >= 0.6 is 11.6 Å². The van der Waals surface area contributed by atoms with Crippen LogP contribution in [0.3, 0.4) is 0 Å². The lowest BCUT2D eigenvalue weighted by Gasteiger charge is -2.26. The average molecular weight is 486 g/mol. The third-order valence-corrected chi connectivity index (χ3v) is 5.48. The second-order valence-corrected chi connectivity index (χ2v) is 9.46. The number of ether oxygens (including phenoxy) is 2. The van der Waals surface area contributed by atoms with Gasteiger partial charge in [-0.05, 0) is 62.2 Å². The second-order valence-electron chi connectivity index (χ2n) is 9.05. The number of furan rings is 1. The molecule has 1 aromatic heterocycles. The predicted molar refractivity (Wildman–Crippen MR) is 131 cm³/mol. The first kappa shape index (κ1) is 23.9. The Hall–Kier alpha value is -3.23. The molecule has 3 aromatic rings. The van der Waals surface area contributed by atoms with Crippen molar-refractivity contribution in [3.8, 4) is 11.1 Å². The third-order valence-electron chi connectivity index (χ3n) is 5.20. The maximum atomic E-state index is 12.4. The minimum atomic E-state index is -0.572. The standard InChI is InChI=1S/C25H28ClN3O5/c1-25(2,3)34-24(31)27-15-20-13-18-12-17(14-21(26)22(18)33-20)16-4-6-19(7-5-16)28-23(30)29-8-10-32-11-9-29/h4-7,12-14H,8-11,15H2,1-3H3,(H,27,31)(H,28,30). The van der Waals surface area contributed by atoms with Gasteiger partial charge >= 0.3 is 12.1 Å². The van der Waals surface area contributed by atoms with E-state index in [2.05, 4.69) is 10.6 Å². The first-order valence-corrected chi connectivity index (χ1v) is 11.5. The van der Waals surface area contributed by atoms with Gasteiger partial charge in [-0.1, -0.05) is 23.7 Å². The monoisotopic (exact) mass is 485 g/mol. The average Bonchev–Trinajstić information content (AvgIpc) is 3.21. The minimum absolute atomic E-state index is 0.133. The molecule has 34 heavy (non-hydrogen) atoms. The van der Waals surface area contributed by atoms with Gasteiger partial charge in [0, 0.05) is 24.2 Å². The summed E-state index contributed by atoms with van der Waals surface area (Å²) in [6.07, 6.45) is -0.513. The van der Waals surface area contributed by atoms with Gasteiger partial charge in [-0.2, -0.15) is 0 Å². The molecule has 8 nitrogen and oxygen atoms in total. The molecule has 1 aliphatic heterocycles. The van der Waals surface area contributed by atoms with Crippen LogP contribution in [0.5, 0.6) is 0 Å². The predicted octanol–water partition coefficient (Wildman–Crippen LogP) is 5.64. The number of hydrogen-bond donors (Lipinski definition) is 2. The van der Waals surface area contributed by atoms with Gasteiger partial charge in [-0.15, -0.1) is 0 Å². The van der Waals surface area contributed by atoms with E-state index < -0.39 is 11.7 Å². The molecule has 0 unspecified atom stereocenters. The van der Waals surface area contributed by atoms with Crippen molar-refractivity contribution >= 4 is 40.4 Å². The summed E-state index contributed by atoms with van der Waals surface area (Å²) in [6, 6.07) is 13.1. The highest BCUT2D eigenvalue weighted by atomic mass is 35.5. The van der Waals surface area contributed by atoms with Crippen molar-refractivity contribution in [3.05, 3.63) is 53.2 Å². The van der Waals surface area contributed by atoms with Crippen molar-refractivity contribution < 1.29 is 23.5 Å². The molecule has 0 radical (unpaired) electrons. The van der Waals surface area contributed by atoms with Crippen LogP contribution < -0.4 is 10.6 Å². The van der Waals surface area contributed by atoms with E-state index in [4.69, 9.17) is 25.5 Å². The Bertz CT molecular complexity index is 1180. The van der Waals surface area contributed by atoms with Crippen molar-refractivity contribution in [2.24, 2.45) is 0 Å². The van der Waals surface area contributed by atoms with Crippen molar-refractivity contribution in [1.82, 2.24) is 10.2 Å². The number of halogens is 1. The number of rotatable bonds is 4. The van der Waals surface area contributed by atoms with Crippen LogP contribution in [0.1, 0.15) is 26.5 Å². The molecule has 4 rings (SSSR count). The quantitative estimate of drug-likeness (QED) is 0.498. The lowest BCUT2D eigenvalue weighted by atomic mass is 10.0. The molecule has 2 N–H and O–H groups in total. The number of nitrogens with zero attached hydrogens (tertiary/aromatic N) is 1. The number of carbonyl (C=O) groups excluding carboxylic acids is 2. The van der Waals surface area contributed by atoms with E-state index in [0.717, 1.165) is 16.5 Å². The Morgan fingerprint density at radius 3 is 2.44 bits per heavy atom. The minimum Gasteiger partial charge on any atom is -0.458 e. The van der Waals surface area contributed by atoms with Crippen LogP contribution in [0.15, 0.2) is 46.9 Å². The molecule has 0 saturated carbocycles. The molecule has 0 spiro atoms. The number of hydrogen-bond acceptors (Lipinski definition) is 5. The normalized spacial score (nSPS) is 14.2. The van der Waals surface area contributed by atoms with Crippen LogP contribution in [0.25, 0.3) is 22.1 Å². The van der Waals surface area contributed by atoms with Crippen LogP contribution in [0.4, 0.5) is 15.3 Å². The van der Waals surface area contributed by atoms with Crippen molar-refractivity contribution in [1.29, 1.82) is 0 Å². The Balaban J connectivity index is 1.44. The fourth-order valence-corrected chi connectivity index (χ4v) is 3.87. The summed E-state index contributed by atoms with van der Waals surface area (Å²) in [5, 5.41) is 6.90. The third kappa shape index (κ3) is 6.01. The van der Waals surface area contributed by atoms with Gasteiger partial charge < -0.3 is 29.4 Å². The van der Waals surface area contributed by atoms with E-state index in [9.17, 15) is 9.59 Å². The molecule has 0 aliphatic carbocycles. The maximum Gasteiger partial charge on any atom is 0.408 e. The molecule has 1 fully saturated rings. The molecular formula is C25H28ClN3O5. The molecule has 9 heteroatoms. The highest BCUT2D eigenvalue weighted by Crippen LogP contribution is 2.33. The van der Waals surface area contributed by atoms with Crippen molar-refractivity contribution in [2.75, 3.05) is 31.6 Å². The Kier molecular flexibility index (Phi) is 7.00. The zero-order valence-corrected chi connectivity index (χ0v) is 20.2. The fourth-order valence-electron chi connectivity index (χ4n) is 3.61. The van der Waals surface area contributed by atoms with Gasteiger partial charge in [0.1, 0.15) is 11.4 Å². The number of urea groups is 1. The molecule has 1 aliphatic rings. The zero-order chi connectivity index (χ0) is 24.3. The summed E-state index contributed by atoms with van der Waals surface area (Å²) in [6.45, 7) is 7.89. The zero-order valence-electron chi connectivity index (χ0n) is 19.4. The van der Waals surface area contributed by atoms with Crippen LogP contribution in [0, 0.1) is 0 Å². The number of benzene rings is 2. The summed E-state index contributed by atoms with van der Waals surface area (Å²) < 4.78 is 16.4. The first-order valence-electron chi connectivity index (χ1n) is 11.1. The van der Waals surface area contributed by atoms with E-state index in [1.165, 1.54) is 0 Å². The molecule has 0 atom stereocenters. The van der Waals surface area contributed by atoms with Crippen LogP contribution in [-0.2, 0) is 16.0 Å². The number of nitrogens with one attached hydrogen (secondary N) is 2. The first-order chi connectivity index (χ1) is 16.2.